The summed E-state index contributed by atoms with van der Waals surface area (Å²) in [5.74, 6) is -1.73. The van der Waals surface area contributed by atoms with Crippen molar-refractivity contribution in [3.8, 4) is 5.75 Å². The minimum Gasteiger partial charge on any atom is -0.404 e. The van der Waals surface area contributed by atoms with Crippen molar-refractivity contribution in [2.75, 3.05) is 0 Å². The number of alkyl halides is 3. The van der Waals surface area contributed by atoms with Gasteiger partial charge < -0.3 is 14.9 Å². The Morgan fingerprint density at radius 1 is 1.53 bits per heavy atom. The molecule has 0 atom stereocenters. The van der Waals surface area contributed by atoms with Gasteiger partial charge in [0.25, 0.3) is 0 Å². The number of halogens is 4. The molecule has 0 aliphatic carbocycles. The van der Waals surface area contributed by atoms with Crippen molar-refractivity contribution in [2.45, 2.75) is 6.36 Å². The molecular weight excluding hydrogens is 360 g/mol. The molecule has 0 aliphatic rings. The maximum Gasteiger partial charge on any atom is 0.573 e. The summed E-state index contributed by atoms with van der Waals surface area (Å²) in [7, 11) is 0. The molecule has 0 saturated heterocycles. The Labute approximate surface area is 105 Å². The minimum absolute atomic E-state index is 0.109. The summed E-state index contributed by atoms with van der Waals surface area (Å²) in [5, 5.41) is 10.4. The molecule has 1 aromatic heterocycles. The zero-order chi connectivity index (χ0) is 13.2. The third-order valence-electron chi connectivity index (χ3n) is 1.46. The third-order valence-corrected chi connectivity index (χ3v) is 2.55. The van der Waals surface area contributed by atoms with Gasteiger partial charge in [0.05, 0.1) is 6.07 Å². The fraction of sp³-hybridized carbons (Fsp3) is 0.143. The summed E-state index contributed by atoms with van der Waals surface area (Å²) in [6.45, 7) is 0. The van der Waals surface area contributed by atoms with Gasteiger partial charge in [0, 0.05) is 0 Å². The van der Waals surface area contributed by atoms with Crippen molar-refractivity contribution >= 4 is 34.7 Å². The Bertz CT molecular complexity index is 477. The van der Waals surface area contributed by atoms with Crippen molar-refractivity contribution in [2.24, 2.45) is 0 Å². The van der Waals surface area contributed by atoms with Gasteiger partial charge in [-0.3, -0.25) is 4.79 Å². The second kappa shape index (κ2) is 4.81. The van der Waals surface area contributed by atoms with Gasteiger partial charge in [-0.25, -0.2) is 0 Å². The van der Waals surface area contributed by atoms with E-state index in [2.05, 4.69) is 9.72 Å². The minimum atomic E-state index is -5.00. The van der Waals surface area contributed by atoms with Gasteiger partial charge in [0.15, 0.2) is 12.0 Å². The highest BCUT2D eigenvalue weighted by atomic mass is 127. The van der Waals surface area contributed by atoms with Crippen LogP contribution in [0.25, 0.3) is 0 Å². The largest absolute Gasteiger partial charge is 0.573 e. The molecule has 0 radical (unpaired) electrons. The lowest BCUT2D eigenvalue weighted by Gasteiger charge is -2.09. The average Bonchev–Trinajstić information content (AvgIpc) is 2.18. The second-order valence-corrected chi connectivity index (χ2v) is 3.68. The van der Waals surface area contributed by atoms with Gasteiger partial charge in [-0.2, -0.15) is 0 Å². The fourth-order valence-electron chi connectivity index (χ4n) is 0.882. The summed E-state index contributed by atoms with van der Waals surface area (Å²) in [5.41, 5.74) is -0.487. The predicted octanol–water partition coefficient (Wildman–Crippen LogP) is 2.31. The van der Waals surface area contributed by atoms with Crippen LogP contribution < -0.4 is 4.74 Å². The topological polar surface area (TPSA) is 82.3 Å². The first kappa shape index (κ1) is 13.6. The van der Waals surface area contributed by atoms with Crippen LogP contribution in [0.15, 0.2) is 6.07 Å². The van der Waals surface area contributed by atoms with Gasteiger partial charge >= 0.3 is 12.2 Å². The lowest BCUT2D eigenvalue weighted by molar-refractivity contribution is -0.389. The summed E-state index contributed by atoms with van der Waals surface area (Å²) in [6, 6.07) is 0.502. The van der Waals surface area contributed by atoms with E-state index in [1.54, 1.807) is 0 Å². The van der Waals surface area contributed by atoms with E-state index in [0.717, 1.165) is 0 Å². The Balaban J connectivity index is 3.32. The number of pyridine rings is 1. The molecule has 1 rings (SSSR count). The molecule has 0 fully saturated rings. The quantitative estimate of drug-likeness (QED) is 0.357. The SMILES string of the molecule is O=Cc1nc([N+](=O)[O-])cc(OC(F)(F)F)c1I. The molecule has 0 saturated carbocycles. The number of aromatic nitrogens is 1. The van der Waals surface area contributed by atoms with Crippen LogP contribution in [0.3, 0.4) is 0 Å². The highest BCUT2D eigenvalue weighted by Crippen LogP contribution is 2.31. The predicted molar refractivity (Wildman–Crippen MR) is 55.7 cm³/mol. The zero-order valence-corrected chi connectivity index (χ0v) is 9.85. The second-order valence-electron chi connectivity index (χ2n) is 2.60. The van der Waals surface area contributed by atoms with E-state index >= 15 is 0 Å². The van der Waals surface area contributed by atoms with E-state index < -0.39 is 28.5 Å². The van der Waals surface area contributed by atoms with Crippen LogP contribution in [0.4, 0.5) is 19.0 Å². The molecule has 0 amide bonds. The van der Waals surface area contributed by atoms with E-state index in [0.29, 0.717) is 6.07 Å². The molecule has 1 aromatic rings. The van der Waals surface area contributed by atoms with E-state index in [1.807, 2.05) is 0 Å². The number of carbonyl (C=O) groups excluding carboxylic acids is 1. The van der Waals surface area contributed by atoms with E-state index in [9.17, 15) is 28.1 Å². The van der Waals surface area contributed by atoms with Crippen LogP contribution in [0.2, 0.25) is 0 Å². The van der Waals surface area contributed by atoms with E-state index in [4.69, 9.17) is 0 Å². The molecule has 92 valence electrons. The molecule has 0 unspecified atom stereocenters. The van der Waals surface area contributed by atoms with Crippen molar-refractivity contribution in [3.63, 3.8) is 0 Å². The average molecular weight is 362 g/mol. The number of ether oxygens (including phenoxy) is 1. The van der Waals surface area contributed by atoms with Crippen LogP contribution in [0.1, 0.15) is 10.5 Å². The standard InChI is InChI=1S/C7H2F3IN2O4/c8-7(9,10)17-4-1-5(13(15)16)12-3(2-14)6(4)11/h1-2H. The van der Waals surface area contributed by atoms with E-state index in [-0.39, 0.29) is 9.86 Å². The highest BCUT2D eigenvalue weighted by Gasteiger charge is 2.34. The number of nitrogens with zero attached hydrogens (tertiary/aromatic N) is 2. The molecule has 0 N–H and O–H groups in total. The van der Waals surface area contributed by atoms with E-state index in [1.165, 1.54) is 22.6 Å². The molecule has 0 aliphatic heterocycles. The number of hydrogen-bond acceptors (Lipinski definition) is 5. The molecule has 0 aromatic carbocycles. The smallest absolute Gasteiger partial charge is 0.404 e. The fourth-order valence-corrected chi connectivity index (χ4v) is 1.40. The van der Waals surface area contributed by atoms with Crippen LogP contribution in [0, 0.1) is 13.7 Å². The summed E-state index contributed by atoms with van der Waals surface area (Å²) in [4.78, 5) is 23.1. The van der Waals surface area contributed by atoms with Crippen molar-refractivity contribution < 1.29 is 27.6 Å². The van der Waals surface area contributed by atoms with Gasteiger partial charge in [0.2, 0.25) is 5.69 Å². The van der Waals surface area contributed by atoms with Crippen LogP contribution in [-0.2, 0) is 0 Å². The summed E-state index contributed by atoms with van der Waals surface area (Å²) >= 11 is 1.38. The molecule has 10 heteroatoms. The maximum atomic E-state index is 12.0. The van der Waals surface area contributed by atoms with Crippen LogP contribution in [0.5, 0.6) is 5.75 Å². The summed E-state index contributed by atoms with van der Waals surface area (Å²) in [6.07, 6.45) is -4.90. The summed E-state index contributed by atoms with van der Waals surface area (Å²) < 4.78 is 39.3. The van der Waals surface area contributed by atoms with Gasteiger partial charge in [-0.1, -0.05) is 0 Å². The lowest BCUT2D eigenvalue weighted by Crippen LogP contribution is -2.18. The monoisotopic (exact) mass is 362 g/mol. The highest BCUT2D eigenvalue weighted by molar-refractivity contribution is 14.1. The van der Waals surface area contributed by atoms with Crippen molar-refractivity contribution in [1.29, 1.82) is 0 Å². The normalized spacial score (nSPS) is 11.1. The number of aldehydes is 1. The Morgan fingerprint density at radius 2 is 2.12 bits per heavy atom. The molecule has 6 nitrogen and oxygen atoms in total. The number of hydrogen-bond donors (Lipinski definition) is 0. The number of nitro groups is 1. The first-order chi connectivity index (χ1) is 7.74. The molecular formula is C7H2F3IN2O4. The van der Waals surface area contributed by atoms with Gasteiger partial charge in [0.1, 0.15) is 3.57 Å². The van der Waals surface area contributed by atoms with Gasteiger partial charge in [-0.05, 0) is 32.5 Å². The first-order valence-corrected chi connectivity index (χ1v) is 4.88. The first-order valence-electron chi connectivity index (χ1n) is 3.80. The Morgan fingerprint density at radius 3 is 2.53 bits per heavy atom. The van der Waals surface area contributed by atoms with Crippen LogP contribution >= 0.6 is 22.6 Å². The number of rotatable bonds is 3. The Kier molecular flexibility index (Phi) is 3.85. The third kappa shape index (κ3) is 3.51. The zero-order valence-electron chi connectivity index (χ0n) is 7.69. The Hall–Kier alpha value is -1.46. The maximum absolute atomic E-state index is 12.0. The molecule has 0 bridgehead atoms. The van der Waals surface area contributed by atoms with Crippen LogP contribution in [-0.4, -0.2) is 22.6 Å². The molecule has 0 spiro atoms. The molecule has 17 heavy (non-hydrogen) atoms. The molecule has 1 heterocycles. The van der Waals surface area contributed by atoms with Crippen molar-refractivity contribution in [1.82, 2.24) is 4.98 Å². The van der Waals surface area contributed by atoms with Gasteiger partial charge in [-0.15, -0.1) is 13.2 Å². The lowest BCUT2D eigenvalue weighted by atomic mass is 10.3. The number of carbonyl (C=O) groups is 1. The van der Waals surface area contributed by atoms with Crippen molar-refractivity contribution in [3.05, 3.63) is 25.4 Å².